The largest absolute Gasteiger partial charge is 0.314 e. The van der Waals surface area contributed by atoms with Gasteiger partial charge in [-0.2, -0.15) is 11.8 Å². The lowest BCUT2D eigenvalue weighted by Gasteiger charge is -2.17. The maximum atomic E-state index is 3.77. The molecular formula is C14H29NS. The molecule has 0 radical (unpaired) electrons. The molecule has 0 saturated heterocycles. The topological polar surface area (TPSA) is 12.0 Å². The average Bonchev–Trinajstić information content (AvgIpc) is 3.10. The smallest absolute Gasteiger partial charge is 0.00952 e. The van der Waals surface area contributed by atoms with E-state index in [1.807, 2.05) is 11.8 Å². The van der Waals surface area contributed by atoms with Gasteiger partial charge in [-0.1, -0.05) is 26.2 Å². The van der Waals surface area contributed by atoms with Crippen LogP contribution < -0.4 is 5.32 Å². The Bertz CT molecular complexity index is 157. The van der Waals surface area contributed by atoms with E-state index in [0.29, 0.717) is 0 Å². The Labute approximate surface area is 106 Å². The second kappa shape index (κ2) is 9.35. The summed E-state index contributed by atoms with van der Waals surface area (Å²) in [5.41, 5.74) is 0. The molecule has 1 unspecified atom stereocenters. The van der Waals surface area contributed by atoms with Gasteiger partial charge < -0.3 is 5.32 Å². The van der Waals surface area contributed by atoms with Crippen LogP contribution in [0.5, 0.6) is 0 Å². The summed E-state index contributed by atoms with van der Waals surface area (Å²) >= 11 is 1.97. The molecule has 1 aliphatic rings. The minimum atomic E-state index is 0.844. The molecule has 1 atom stereocenters. The molecule has 0 aliphatic heterocycles. The first-order valence-corrected chi connectivity index (χ1v) is 8.50. The molecule has 1 rings (SSSR count). The monoisotopic (exact) mass is 243 g/mol. The zero-order valence-corrected chi connectivity index (χ0v) is 12.0. The first-order valence-electron chi connectivity index (χ1n) is 7.10. The van der Waals surface area contributed by atoms with Crippen LogP contribution in [0.1, 0.15) is 58.3 Å². The van der Waals surface area contributed by atoms with Gasteiger partial charge in [-0.15, -0.1) is 0 Å². The molecule has 1 aliphatic carbocycles. The van der Waals surface area contributed by atoms with Crippen LogP contribution in [0.15, 0.2) is 0 Å². The summed E-state index contributed by atoms with van der Waals surface area (Å²) in [6.45, 7) is 3.56. The van der Waals surface area contributed by atoms with Gasteiger partial charge in [0, 0.05) is 6.04 Å². The highest BCUT2D eigenvalue weighted by atomic mass is 32.2. The Balaban J connectivity index is 1.88. The van der Waals surface area contributed by atoms with Gasteiger partial charge in [0.1, 0.15) is 0 Å². The molecule has 96 valence electrons. The maximum absolute atomic E-state index is 3.77. The lowest BCUT2D eigenvalue weighted by molar-refractivity contribution is 0.423. The quantitative estimate of drug-likeness (QED) is 0.549. The molecule has 2 heteroatoms. The summed E-state index contributed by atoms with van der Waals surface area (Å²) in [4.78, 5) is 0. The molecule has 1 nitrogen and oxygen atoms in total. The molecule has 0 aromatic rings. The molecule has 16 heavy (non-hydrogen) atoms. The summed E-state index contributed by atoms with van der Waals surface area (Å²) in [7, 11) is 0. The Kier molecular flexibility index (Phi) is 8.40. The van der Waals surface area contributed by atoms with E-state index in [0.717, 1.165) is 12.0 Å². The van der Waals surface area contributed by atoms with Crippen LogP contribution >= 0.6 is 11.8 Å². The number of rotatable bonds is 11. The standard InChI is InChI=1S/C14H29NS/c1-3-8-14(13-9-10-13)15-11-6-4-5-7-12-16-2/h13-15H,3-12H2,1-2H3. The average molecular weight is 243 g/mol. The molecule has 0 amide bonds. The van der Waals surface area contributed by atoms with E-state index in [9.17, 15) is 0 Å². The van der Waals surface area contributed by atoms with Gasteiger partial charge in [-0.05, 0) is 56.6 Å². The van der Waals surface area contributed by atoms with Crippen LogP contribution in [0.25, 0.3) is 0 Å². The van der Waals surface area contributed by atoms with E-state index < -0.39 is 0 Å². The minimum Gasteiger partial charge on any atom is -0.314 e. The molecule has 1 N–H and O–H groups in total. The van der Waals surface area contributed by atoms with Gasteiger partial charge in [-0.25, -0.2) is 0 Å². The number of hydrogen-bond acceptors (Lipinski definition) is 2. The number of nitrogens with one attached hydrogen (secondary N) is 1. The summed E-state index contributed by atoms with van der Waals surface area (Å²) in [5, 5.41) is 3.77. The van der Waals surface area contributed by atoms with Crippen LogP contribution in [0.3, 0.4) is 0 Å². The fraction of sp³-hybridized carbons (Fsp3) is 1.00. The lowest BCUT2D eigenvalue weighted by atomic mass is 10.1. The van der Waals surface area contributed by atoms with Crippen molar-refractivity contribution in [2.45, 2.75) is 64.3 Å². The molecule has 0 spiro atoms. The van der Waals surface area contributed by atoms with E-state index in [1.54, 1.807) is 0 Å². The third-order valence-electron chi connectivity index (χ3n) is 3.47. The Morgan fingerprint density at radius 1 is 1.19 bits per heavy atom. The first kappa shape index (κ1) is 14.4. The van der Waals surface area contributed by atoms with Crippen LogP contribution in [0, 0.1) is 5.92 Å². The normalized spacial score (nSPS) is 17.6. The second-order valence-corrected chi connectivity index (χ2v) is 6.08. The van der Waals surface area contributed by atoms with Crippen molar-refractivity contribution in [2.24, 2.45) is 5.92 Å². The van der Waals surface area contributed by atoms with E-state index >= 15 is 0 Å². The van der Waals surface area contributed by atoms with Crippen molar-refractivity contribution in [3.05, 3.63) is 0 Å². The predicted octanol–water partition coefficient (Wildman–Crippen LogP) is 4.08. The molecule has 0 aromatic carbocycles. The van der Waals surface area contributed by atoms with E-state index in [4.69, 9.17) is 0 Å². The van der Waals surface area contributed by atoms with E-state index in [1.165, 1.54) is 63.7 Å². The lowest BCUT2D eigenvalue weighted by Crippen LogP contribution is -2.31. The zero-order valence-electron chi connectivity index (χ0n) is 11.1. The van der Waals surface area contributed by atoms with Gasteiger partial charge in [0.15, 0.2) is 0 Å². The molecule has 0 aromatic heterocycles. The SMILES string of the molecule is CCCC(NCCCCCCSC)C1CC1. The van der Waals surface area contributed by atoms with Crippen LogP contribution in [0.4, 0.5) is 0 Å². The first-order chi connectivity index (χ1) is 7.88. The summed E-state index contributed by atoms with van der Waals surface area (Å²) in [6.07, 6.45) is 13.5. The van der Waals surface area contributed by atoms with E-state index in [2.05, 4.69) is 18.5 Å². The van der Waals surface area contributed by atoms with Crippen molar-refractivity contribution in [1.29, 1.82) is 0 Å². The number of unbranched alkanes of at least 4 members (excludes halogenated alkanes) is 3. The van der Waals surface area contributed by atoms with Gasteiger partial charge in [0.2, 0.25) is 0 Å². The van der Waals surface area contributed by atoms with Crippen molar-refractivity contribution in [1.82, 2.24) is 5.32 Å². The van der Waals surface area contributed by atoms with Crippen molar-refractivity contribution >= 4 is 11.8 Å². The molecule has 0 bridgehead atoms. The Morgan fingerprint density at radius 2 is 1.94 bits per heavy atom. The van der Waals surface area contributed by atoms with Crippen LogP contribution in [-0.2, 0) is 0 Å². The third-order valence-corrected chi connectivity index (χ3v) is 4.17. The zero-order chi connectivity index (χ0) is 11.6. The highest BCUT2D eigenvalue weighted by Crippen LogP contribution is 2.34. The third kappa shape index (κ3) is 6.80. The van der Waals surface area contributed by atoms with Gasteiger partial charge in [0.25, 0.3) is 0 Å². The molecular weight excluding hydrogens is 214 g/mol. The number of thioether (sulfide) groups is 1. The highest BCUT2D eigenvalue weighted by Gasteiger charge is 2.29. The summed E-state index contributed by atoms with van der Waals surface area (Å²) < 4.78 is 0. The Morgan fingerprint density at radius 3 is 2.56 bits per heavy atom. The van der Waals surface area contributed by atoms with Crippen molar-refractivity contribution in [2.75, 3.05) is 18.6 Å². The highest BCUT2D eigenvalue weighted by molar-refractivity contribution is 7.98. The van der Waals surface area contributed by atoms with Crippen LogP contribution in [-0.4, -0.2) is 24.6 Å². The summed E-state index contributed by atoms with van der Waals surface area (Å²) in [6, 6.07) is 0.844. The van der Waals surface area contributed by atoms with Crippen molar-refractivity contribution in [3.8, 4) is 0 Å². The van der Waals surface area contributed by atoms with Gasteiger partial charge in [0.05, 0.1) is 0 Å². The fourth-order valence-corrected chi connectivity index (χ4v) is 2.82. The second-order valence-electron chi connectivity index (χ2n) is 5.09. The Hall–Kier alpha value is 0.310. The predicted molar refractivity (Wildman–Crippen MR) is 76.3 cm³/mol. The molecule has 1 fully saturated rings. The molecule has 1 saturated carbocycles. The fourth-order valence-electron chi connectivity index (χ4n) is 2.33. The van der Waals surface area contributed by atoms with Crippen molar-refractivity contribution in [3.63, 3.8) is 0 Å². The summed E-state index contributed by atoms with van der Waals surface area (Å²) in [5.74, 6) is 2.37. The molecule has 0 heterocycles. The number of hydrogen-bond donors (Lipinski definition) is 1. The van der Waals surface area contributed by atoms with Gasteiger partial charge >= 0.3 is 0 Å². The van der Waals surface area contributed by atoms with Crippen molar-refractivity contribution < 1.29 is 0 Å². The van der Waals surface area contributed by atoms with Gasteiger partial charge in [-0.3, -0.25) is 0 Å². The minimum absolute atomic E-state index is 0.844. The van der Waals surface area contributed by atoms with Crippen LogP contribution in [0.2, 0.25) is 0 Å². The maximum Gasteiger partial charge on any atom is 0.00952 e. The van der Waals surface area contributed by atoms with E-state index in [-0.39, 0.29) is 0 Å².